The molecule has 0 fully saturated rings. The fraction of sp³-hybridized carbons (Fsp3) is 0.462. The second kappa shape index (κ2) is 6.73. The number of rotatable bonds is 6. The van der Waals surface area contributed by atoms with Gasteiger partial charge in [0.25, 0.3) is 0 Å². The number of carboxylic acids is 1. The molecule has 100 valence electrons. The summed E-state index contributed by atoms with van der Waals surface area (Å²) in [6, 6.07) is 2.32. The SMILES string of the molecule is CCCCC(Nc1cc(Br)c(F)cc1C)C(=O)O. The Morgan fingerprint density at radius 3 is 2.78 bits per heavy atom. The Balaban J connectivity index is 2.86. The van der Waals surface area contributed by atoms with Gasteiger partial charge < -0.3 is 10.4 Å². The number of aliphatic carboxylic acids is 1. The number of carbonyl (C=O) groups is 1. The van der Waals surface area contributed by atoms with E-state index >= 15 is 0 Å². The molecule has 0 amide bonds. The molecule has 1 rings (SSSR count). The molecule has 0 heterocycles. The summed E-state index contributed by atoms with van der Waals surface area (Å²) in [5.74, 6) is -1.23. The van der Waals surface area contributed by atoms with Crippen molar-refractivity contribution in [1.29, 1.82) is 0 Å². The molecule has 1 unspecified atom stereocenters. The summed E-state index contributed by atoms with van der Waals surface area (Å²) in [4.78, 5) is 11.1. The minimum atomic E-state index is -0.886. The molecule has 18 heavy (non-hydrogen) atoms. The van der Waals surface area contributed by atoms with Gasteiger partial charge in [-0.3, -0.25) is 0 Å². The molecule has 0 aromatic heterocycles. The van der Waals surface area contributed by atoms with E-state index in [1.54, 1.807) is 13.0 Å². The number of benzene rings is 1. The summed E-state index contributed by atoms with van der Waals surface area (Å²) in [6.45, 7) is 3.76. The number of hydrogen-bond donors (Lipinski definition) is 2. The molecule has 0 aliphatic rings. The summed E-state index contributed by atoms with van der Waals surface area (Å²) in [5, 5.41) is 12.1. The van der Waals surface area contributed by atoms with Gasteiger partial charge in [-0.15, -0.1) is 0 Å². The van der Waals surface area contributed by atoms with Crippen molar-refractivity contribution < 1.29 is 14.3 Å². The first-order valence-corrected chi connectivity index (χ1v) is 6.70. The van der Waals surface area contributed by atoms with Crippen molar-refractivity contribution in [3.63, 3.8) is 0 Å². The lowest BCUT2D eigenvalue weighted by molar-refractivity contribution is -0.138. The van der Waals surface area contributed by atoms with Crippen molar-refractivity contribution in [1.82, 2.24) is 0 Å². The molecule has 2 N–H and O–H groups in total. The van der Waals surface area contributed by atoms with Crippen molar-refractivity contribution in [2.45, 2.75) is 39.2 Å². The second-order valence-corrected chi connectivity index (χ2v) is 5.11. The zero-order chi connectivity index (χ0) is 13.7. The average Bonchev–Trinajstić information content (AvgIpc) is 2.30. The molecule has 0 aliphatic heterocycles. The Bertz CT molecular complexity index is 437. The van der Waals surface area contributed by atoms with Gasteiger partial charge in [0.1, 0.15) is 11.9 Å². The monoisotopic (exact) mass is 317 g/mol. The molecule has 1 aromatic rings. The number of carboxylic acid groups (broad SMARTS) is 1. The Morgan fingerprint density at radius 2 is 2.22 bits per heavy atom. The molecule has 0 saturated heterocycles. The molecule has 0 bridgehead atoms. The quantitative estimate of drug-likeness (QED) is 0.835. The van der Waals surface area contributed by atoms with Crippen molar-refractivity contribution in [3.05, 3.63) is 28.0 Å². The number of unbranched alkanes of at least 4 members (excludes halogenated alkanes) is 1. The molecule has 0 spiro atoms. The van der Waals surface area contributed by atoms with Crippen LogP contribution in [0.25, 0.3) is 0 Å². The maximum atomic E-state index is 13.3. The van der Waals surface area contributed by atoms with Crippen molar-refractivity contribution in [2.24, 2.45) is 0 Å². The van der Waals surface area contributed by atoms with Gasteiger partial charge in [0.05, 0.1) is 4.47 Å². The molecule has 5 heteroatoms. The Morgan fingerprint density at radius 1 is 1.56 bits per heavy atom. The fourth-order valence-corrected chi connectivity index (χ4v) is 2.00. The van der Waals surface area contributed by atoms with Gasteiger partial charge in [0, 0.05) is 5.69 Å². The third-order valence-corrected chi connectivity index (χ3v) is 3.35. The van der Waals surface area contributed by atoms with Crippen LogP contribution in [0.15, 0.2) is 16.6 Å². The van der Waals surface area contributed by atoms with E-state index in [4.69, 9.17) is 5.11 Å². The lowest BCUT2D eigenvalue weighted by Gasteiger charge is -2.17. The summed E-state index contributed by atoms with van der Waals surface area (Å²) < 4.78 is 13.6. The summed E-state index contributed by atoms with van der Waals surface area (Å²) in [6.07, 6.45) is 2.34. The molecule has 0 saturated carbocycles. The van der Waals surface area contributed by atoms with Gasteiger partial charge in [0.15, 0.2) is 0 Å². The van der Waals surface area contributed by atoms with E-state index in [1.165, 1.54) is 6.07 Å². The molecule has 3 nitrogen and oxygen atoms in total. The maximum absolute atomic E-state index is 13.3. The van der Waals surface area contributed by atoms with Crippen LogP contribution in [0, 0.1) is 12.7 Å². The van der Waals surface area contributed by atoms with E-state index < -0.39 is 12.0 Å². The molecule has 1 aromatic carbocycles. The highest BCUT2D eigenvalue weighted by molar-refractivity contribution is 9.10. The van der Waals surface area contributed by atoms with Gasteiger partial charge in [0.2, 0.25) is 0 Å². The molecule has 0 aliphatic carbocycles. The smallest absolute Gasteiger partial charge is 0.326 e. The normalized spacial score (nSPS) is 12.2. The lowest BCUT2D eigenvalue weighted by atomic mass is 10.1. The highest BCUT2D eigenvalue weighted by Crippen LogP contribution is 2.25. The zero-order valence-corrected chi connectivity index (χ0v) is 12.1. The molecule has 1 atom stereocenters. The fourth-order valence-electron chi connectivity index (χ4n) is 1.66. The third-order valence-electron chi connectivity index (χ3n) is 2.74. The van der Waals surface area contributed by atoms with Gasteiger partial charge in [-0.2, -0.15) is 0 Å². The number of aryl methyl sites for hydroxylation is 1. The number of anilines is 1. The first kappa shape index (κ1) is 15.0. The van der Waals surface area contributed by atoms with Crippen LogP contribution in [-0.4, -0.2) is 17.1 Å². The van der Waals surface area contributed by atoms with Crippen LogP contribution < -0.4 is 5.32 Å². The first-order valence-electron chi connectivity index (χ1n) is 5.90. The molecule has 0 radical (unpaired) electrons. The van der Waals surface area contributed by atoms with Crippen molar-refractivity contribution in [3.8, 4) is 0 Å². The minimum absolute atomic E-state index is 0.329. The van der Waals surface area contributed by atoms with Crippen LogP contribution in [0.1, 0.15) is 31.7 Å². The van der Waals surface area contributed by atoms with E-state index in [0.29, 0.717) is 22.1 Å². The predicted octanol–water partition coefficient (Wildman–Crippen LogP) is 3.95. The number of nitrogens with one attached hydrogen (secondary N) is 1. The highest BCUT2D eigenvalue weighted by Gasteiger charge is 2.17. The zero-order valence-electron chi connectivity index (χ0n) is 10.5. The summed E-state index contributed by atoms with van der Waals surface area (Å²) in [7, 11) is 0. The largest absolute Gasteiger partial charge is 0.480 e. The van der Waals surface area contributed by atoms with Gasteiger partial charge >= 0.3 is 5.97 Å². The topological polar surface area (TPSA) is 49.3 Å². The van der Waals surface area contributed by atoms with Gasteiger partial charge in [-0.1, -0.05) is 19.8 Å². The minimum Gasteiger partial charge on any atom is -0.480 e. The summed E-state index contributed by atoms with van der Waals surface area (Å²) >= 11 is 3.10. The predicted molar refractivity (Wildman–Crippen MR) is 73.4 cm³/mol. The third kappa shape index (κ3) is 3.98. The van der Waals surface area contributed by atoms with Crippen LogP contribution in [0.3, 0.4) is 0 Å². The van der Waals surface area contributed by atoms with Gasteiger partial charge in [-0.05, 0) is 47.0 Å². The molecular weight excluding hydrogens is 301 g/mol. The molecular formula is C13H17BrFNO2. The van der Waals surface area contributed by atoms with E-state index in [1.807, 2.05) is 6.92 Å². The maximum Gasteiger partial charge on any atom is 0.326 e. The van der Waals surface area contributed by atoms with Crippen LogP contribution in [-0.2, 0) is 4.79 Å². The lowest BCUT2D eigenvalue weighted by Crippen LogP contribution is -2.29. The highest BCUT2D eigenvalue weighted by atomic mass is 79.9. The Hall–Kier alpha value is -1.10. The van der Waals surface area contributed by atoms with E-state index in [-0.39, 0.29) is 5.82 Å². The number of halogens is 2. The van der Waals surface area contributed by atoms with E-state index in [0.717, 1.165) is 12.8 Å². The number of hydrogen-bond acceptors (Lipinski definition) is 2. The standard InChI is InChI=1S/C13H17BrFNO2/c1-3-4-5-11(13(17)18)16-12-7-9(14)10(15)6-8(12)2/h6-7,11,16H,3-5H2,1-2H3,(H,17,18). The van der Waals surface area contributed by atoms with Crippen molar-refractivity contribution in [2.75, 3.05) is 5.32 Å². The Labute approximate surface area is 115 Å². The summed E-state index contributed by atoms with van der Waals surface area (Å²) in [5.41, 5.74) is 1.34. The van der Waals surface area contributed by atoms with Crippen LogP contribution in [0.2, 0.25) is 0 Å². The van der Waals surface area contributed by atoms with Crippen LogP contribution in [0.5, 0.6) is 0 Å². The van der Waals surface area contributed by atoms with Crippen LogP contribution >= 0.6 is 15.9 Å². The first-order chi connectivity index (χ1) is 8.45. The second-order valence-electron chi connectivity index (χ2n) is 4.26. The van der Waals surface area contributed by atoms with E-state index in [9.17, 15) is 9.18 Å². The van der Waals surface area contributed by atoms with Gasteiger partial charge in [-0.25, -0.2) is 9.18 Å². The van der Waals surface area contributed by atoms with Crippen LogP contribution in [0.4, 0.5) is 10.1 Å². The van der Waals surface area contributed by atoms with Crippen molar-refractivity contribution >= 4 is 27.6 Å². The van der Waals surface area contributed by atoms with E-state index in [2.05, 4.69) is 21.2 Å². The Kier molecular flexibility index (Phi) is 5.59. The average molecular weight is 318 g/mol.